The van der Waals surface area contributed by atoms with Crippen LogP contribution >= 0.6 is 0 Å². The summed E-state index contributed by atoms with van der Waals surface area (Å²) in [6.45, 7) is 0.439. The number of benzene rings is 1. The largest absolute Gasteiger partial charge is 0.366 e. The number of hydrogen-bond donors (Lipinski definition) is 1. The molecule has 4 nitrogen and oxygen atoms in total. The number of amides is 1. The lowest BCUT2D eigenvalue weighted by atomic mass is 10.2. The van der Waals surface area contributed by atoms with Crippen LogP contribution in [0.5, 0.6) is 0 Å². The SMILES string of the molecule is O=C(c1ccccc1)N1CCC(O)O1. The van der Waals surface area contributed by atoms with E-state index in [1.165, 1.54) is 5.06 Å². The lowest BCUT2D eigenvalue weighted by Crippen LogP contribution is -2.27. The lowest BCUT2D eigenvalue weighted by Gasteiger charge is -2.13. The van der Waals surface area contributed by atoms with Gasteiger partial charge in [0.15, 0.2) is 6.29 Å². The molecule has 1 saturated heterocycles. The van der Waals surface area contributed by atoms with Crippen LogP contribution in [0.25, 0.3) is 0 Å². The Morgan fingerprint density at radius 2 is 2.14 bits per heavy atom. The van der Waals surface area contributed by atoms with Crippen LogP contribution in [0.1, 0.15) is 16.8 Å². The van der Waals surface area contributed by atoms with Gasteiger partial charge < -0.3 is 5.11 Å². The third-order valence-electron chi connectivity index (χ3n) is 2.08. The van der Waals surface area contributed by atoms with E-state index in [-0.39, 0.29) is 5.91 Å². The van der Waals surface area contributed by atoms with Crippen LogP contribution < -0.4 is 0 Å². The van der Waals surface area contributed by atoms with Crippen molar-refractivity contribution in [2.75, 3.05) is 6.54 Å². The summed E-state index contributed by atoms with van der Waals surface area (Å²) in [7, 11) is 0. The van der Waals surface area contributed by atoms with Gasteiger partial charge in [0, 0.05) is 12.0 Å². The minimum absolute atomic E-state index is 0.206. The zero-order valence-electron chi connectivity index (χ0n) is 7.59. The minimum atomic E-state index is -0.845. The summed E-state index contributed by atoms with van der Waals surface area (Å²) in [6.07, 6.45) is -0.374. The van der Waals surface area contributed by atoms with Crippen LogP contribution in [0.4, 0.5) is 0 Å². The topological polar surface area (TPSA) is 49.8 Å². The summed E-state index contributed by atoms with van der Waals surface area (Å²) >= 11 is 0. The van der Waals surface area contributed by atoms with Gasteiger partial charge >= 0.3 is 0 Å². The smallest absolute Gasteiger partial charge is 0.277 e. The van der Waals surface area contributed by atoms with E-state index in [0.717, 1.165) is 0 Å². The fourth-order valence-electron chi connectivity index (χ4n) is 1.35. The van der Waals surface area contributed by atoms with Crippen molar-refractivity contribution in [1.29, 1.82) is 0 Å². The molecule has 1 atom stereocenters. The van der Waals surface area contributed by atoms with E-state index in [4.69, 9.17) is 9.94 Å². The molecule has 0 spiro atoms. The van der Waals surface area contributed by atoms with Gasteiger partial charge in [-0.1, -0.05) is 18.2 Å². The van der Waals surface area contributed by atoms with E-state index in [2.05, 4.69) is 0 Å². The first-order chi connectivity index (χ1) is 6.77. The number of hydrogen-bond acceptors (Lipinski definition) is 3. The standard InChI is InChI=1S/C10H11NO3/c12-9-6-7-11(14-9)10(13)8-4-2-1-3-5-8/h1-5,9,12H,6-7H2. The molecule has 1 unspecified atom stereocenters. The maximum atomic E-state index is 11.7. The van der Waals surface area contributed by atoms with Gasteiger partial charge in [-0.15, -0.1) is 0 Å². The van der Waals surface area contributed by atoms with Gasteiger partial charge in [-0.25, -0.2) is 9.90 Å². The van der Waals surface area contributed by atoms with Crippen molar-refractivity contribution < 1.29 is 14.7 Å². The summed E-state index contributed by atoms with van der Waals surface area (Å²) in [6, 6.07) is 8.86. The molecule has 0 bridgehead atoms. The number of rotatable bonds is 1. The highest BCUT2D eigenvalue weighted by Gasteiger charge is 2.26. The molecule has 1 aliphatic rings. The zero-order chi connectivity index (χ0) is 9.97. The fourth-order valence-corrected chi connectivity index (χ4v) is 1.35. The van der Waals surface area contributed by atoms with Crippen molar-refractivity contribution in [3.05, 3.63) is 35.9 Å². The molecular weight excluding hydrogens is 182 g/mol. The summed E-state index contributed by atoms with van der Waals surface area (Å²) in [4.78, 5) is 16.6. The highest BCUT2D eigenvalue weighted by Crippen LogP contribution is 2.14. The molecule has 1 aromatic carbocycles. The zero-order valence-corrected chi connectivity index (χ0v) is 7.59. The number of carbonyl (C=O) groups excluding carboxylic acids is 1. The molecule has 1 aromatic rings. The second-order valence-corrected chi connectivity index (χ2v) is 3.12. The maximum Gasteiger partial charge on any atom is 0.277 e. The predicted octanol–water partition coefficient (Wildman–Crippen LogP) is 0.782. The molecule has 1 N–H and O–H groups in total. The Balaban J connectivity index is 2.10. The van der Waals surface area contributed by atoms with Gasteiger partial charge in [0.05, 0.1) is 6.54 Å². The van der Waals surface area contributed by atoms with Gasteiger partial charge in [-0.3, -0.25) is 4.79 Å². The summed E-state index contributed by atoms with van der Waals surface area (Å²) in [5.74, 6) is -0.206. The molecule has 4 heteroatoms. The highest BCUT2D eigenvalue weighted by molar-refractivity contribution is 5.93. The second kappa shape index (κ2) is 3.77. The first-order valence-electron chi connectivity index (χ1n) is 4.49. The normalized spacial score (nSPS) is 21.2. The molecular formula is C10H11NO3. The van der Waals surface area contributed by atoms with Crippen LogP contribution in [0.15, 0.2) is 30.3 Å². The molecule has 0 radical (unpaired) electrons. The average molecular weight is 193 g/mol. The Bertz CT molecular complexity index is 325. The van der Waals surface area contributed by atoms with Crippen LogP contribution in [-0.2, 0) is 4.84 Å². The molecule has 14 heavy (non-hydrogen) atoms. The molecule has 0 aromatic heterocycles. The third kappa shape index (κ3) is 1.76. The van der Waals surface area contributed by atoms with Gasteiger partial charge in [-0.05, 0) is 12.1 Å². The fraction of sp³-hybridized carbons (Fsp3) is 0.300. The minimum Gasteiger partial charge on any atom is -0.366 e. The van der Waals surface area contributed by atoms with E-state index in [1.54, 1.807) is 24.3 Å². The number of aliphatic hydroxyl groups excluding tert-OH is 1. The van der Waals surface area contributed by atoms with Crippen LogP contribution in [0, 0.1) is 0 Å². The molecule has 1 aliphatic heterocycles. The molecule has 1 amide bonds. The van der Waals surface area contributed by atoms with E-state index < -0.39 is 6.29 Å². The molecule has 1 fully saturated rings. The van der Waals surface area contributed by atoms with Crippen molar-refractivity contribution >= 4 is 5.91 Å². The van der Waals surface area contributed by atoms with Gasteiger partial charge in [-0.2, -0.15) is 0 Å². The van der Waals surface area contributed by atoms with E-state index in [9.17, 15) is 4.79 Å². The lowest BCUT2D eigenvalue weighted by molar-refractivity contribution is -0.185. The Labute approximate surface area is 81.7 Å². The first-order valence-corrected chi connectivity index (χ1v) is 4.49. The van der Waals surface area contributed by atoms with Gasteiger partial charge in [0.2, 0.25) is 0 Å². The maximum absolute atomic E-state index is 11.7. The van der Waals surface area contributed by atoms with Gasteiger partial charge in [0.1, 0.15) is 0 Å². The summed E-state index contributed by atoms with van der Waals surface area (Å²) in [5.41, 5.74) is 0.571. The van der Waals surface area contributed by atoms with E-state index in [1.807, 2.05) is 6.07 Å². The second-order valence-electron chi connectivity index (χ2n) is 3.12. The first kappa shape index (κ1) is 9.18. The van der Waals surface area contributed by atoms with Crippen molar-refractivity contribution in [3.63, 3.8) is 0 Å². The Hall–Kier alpha value is -1.39. The molecule has 2 rings (SSSR count). The monoisotopic (exact) mass is 193 g/mol. The van der Waals surface area contributed by atoms with Crippen molar-refractivity contribution in [2.45, 2.75) is 12.7 Å². The molecule has 0 aliphatic carbocycles. The van der Waals surface area contributed by atoms with Crippen LogP contribution in [-0.4, -0.2) is 28.9 Å². The quantitative estimate of drug-likeness (QED) is 0.717. The number of aliphatic hydroxyl groups is 1. The van der Waals surface area contributed by atoms with E-state index in [0.29, 0.717) is 18.5 Å². The molecule has 0 saturated carbocycles. The third-order valence-corrected chi connectivity index (χ3v) is 2.08. The summed E-state index contributed by atoms with van der Waals surface area (Å²) in [5, 5.41) is 10.3. The van der Waals surface area contributed by atoms with Crippen LogP contribution in [0.3, 0.4) is 0 Å². The Morgan fingerprint density at radius 1 is 1.43 bits per heavy atom. The van der Waals surface area contributed by atoms with Crippen LogP contribution in [0.2, 0.25) is 0 Å². The number of carbonyl (C=O) groups is 1. The van der Waals surface area contributed by atoms with Crippen molar-refractivity contribution in [1.82, 2.24) is 5.06 Å². The molecule has 74 valence electrons. The Kier molecular flexibility index (Phi) is 2.47. The molecule has 1 heterocycles. The van der Waals surface area contributed by atoms with Crippen molar-refractivity contribution in [3.8, 4) is 0 Å². The number of nitrogens with zero attached hydrogens (tertiary/aromatic N) is 1. The Morgan fingerprint density at radius 3 is 2.71 bits per heavy atom. The van der Waals surface area contributed by atoms with E-state index >= 15 is 0 Å². The van der Waals surface area contributed by atoms with Gasteiger partial charge in [0.25, 0.3) is 5.91 Å². The predicted molar refractivity (Wildman–Crippen MR) is 49.2 cm³/mol. The number of hydroxylamine groups is 2. The summed E-state index contributed by atoms with van der Waals surface area (Å²) < 4.78 is 0. The van der Waals surface area contributed by atoms with Crippen molar-refractivity contribution in [2.24, 2.45) is 0 Å². The average Bonchev–Trinajstić information content (AvgIpc) is 2.65. The highest BCUT2D eigenvalue weighted by atomic mass is 16.8.